The average Bonchev–Trinajstić information content (AvgIpc) is 2.63. The van der Waals surface area contributed by atoms with Crippen LogP contribution in [0.4, 0.5) is 10.5 Å². The van der Waals surface area contributed by atoms with Gasteiger partial charge in [0.2, 0.25) is 0 Å². The first-order valence-electron chi connectivity index (χ1n) is 9.32. The lowest BCUT2D eigenvalue weighted by molar-refractivity contribution is -0.137. The smallest absolute Gasteiger partial charge is 0.330 e. The number of urea groups is 1. The van der Waals surface area contributed by atoms with Crippen molar-refractivity contribution in [2.45, 2.75) is 39.2 Å². The molecule has 0 bridgehead atoms. The molecule has 2 rings (SSSR count). The van der Waals surface area contributed by atoms with Crippen LogP contribution in [0.5, 0.6) is 0 Å². The number of nitrogens with one attached hydrogen (secondary N) is 2. The number of ether oxygens (including phenoxy) is 1. The maximum absolute atomic E-state index is 12.0. The molecule has 142 valence electrons. The number of carbonyl (C=O) groups excluding carboxylic acids is 2. The fraction of sp³-hybridized carbons (Fsp3) is 0.500. The maximum Gasteiger partial charge on any atom is 0.330 e. The number of nitrogens with zero attached hydrogens (tertiary/aromatic N) is 1. The molecule has 26 heavy (non-hydrogen) atoms. The first-order valence-corrected chi connectivity index (χ1v) is 9.32. The van der Waals surface area contributed by atoms with Crippen LogP contribution >= 0.6 is 0 Å². The highest BCUT2D eigenvalue weighted by Gasteiger charge is 2.17. The van der Waals surface area contributed by atoms with Crippen molar-refractivity contribution in [3.63, 3.8) is 0 Å². The highest BCUT2D eigenvalue weighted by atomic mass is 16.5. The van der Waals surface area contributed by atoms with Crippen molar-refractivity contribution in [3.05, 3.63) is 35.9 Å². The quantitative estimate of drug-likeness (QED) is 0.579. The van der Waals surface area contributed by atoms with Gasteiger partial charge in [0.25, 0.3) is 0 Å². The lowest BCUT2D eigenvalue weighted by Crippen LogP contribution is -2.43. The summed E-state index contributed by atoms with van der Waals surface area (Å²) < 4.78 is 4.83. The van der Waals surface area contributed by atoms with Gasteiger partial charge in [-0.15, -0.1) is 0 Å². The lowest BCUT2D eigenvalue weighted by Gasteiger charge is -2.33. The highest BCUT2D eigenvalue weighted by molar-refractivity contribution is 5.90. The van der Waals surface area contributed by atoms with Crippen molar-refractivity contribution in [2.75, 3.05) is 31.6 Å². The van der Waals surface area contributed by atoms with Crippen molar-refractivity contribution in [3.8, 4) is 0 Å². The minimum absolute atomic E-state index is 0.204. The first-order chi connectivity index (χ1) is 12.6. The molecule has 1 aromatic carbocycles. The first kappa shape index (κ1) is 20.0. The third kappa shape index (κ3) is 6.88. The predicted molar refractivity (Wildman–Crippen MR) is 104 cm³/mol. The van der Waals surface area contributed by atoms with Crippen LogP contribution < -0.4 is 10.6 Å². The second-order valence-corrected chi connectivity index (χ2v) is 6.47. The van der Waals surface area contributed by atoms with E-state index in [1.807, 2.05) is 12.1 Å². The normalized spacial score (nSPS) is 17.8. The molecule has 0 spiro atoms. The summed E-state index contributed by atoms with van der Waals surface area (Å²) in [4.78, 5) is 25.7. The van der Waals surface area contributed by atoms with Crippen molar-refractivity contribution >= 4 is 23.8 Å². The molecule has 1 aliphatic heterocycles. The molecule has 1 fully saturated rings. The van der Waals surface area contributed by atoms with Gasteiger partial charge in [-0.2, -0.15) is 0 Å². The average molecular weight is 359 g/mol. The number of hydrogen-bond donors (Lipinski definition) is 2. The Kier molecular flexibility index (Phi) is 8.15. The molecule has 1 saturated heterocycles. The monoisotopic (exact) mass is 359 g/mol. The van der Waals surface area contributed by atoms with E-state index in [0.29, 0.717) is 24.9 Å². The van der Waals surface area contributed by atoms with E-state index >= 15 is 0 Å². The van der Waals surface area contributed by atoms with Gasteiger partial charge in [-0.05, 0) is 57.0 Å². The number of anilines is 1. The Hall–Kier alpha value is -2.34. The van der Waals surface area contributed by atoms with E-state index in [2.05, 4.69) is 22.5 Å². The van der Waals surface area contributed by atoms with Crippen LogP contribution in [0.25, 0.3) is 6.08 Å². The third-order valence-electron chi connectivity index (χ3n) is 4.49. The highest BCUT2D eigenvalue weighted by Crippen LogP contribution is 2.15. The largest absolute Gasteiger partial charge is 0.463 e. The molecule has 1 atom stereocenters. The summed E-state index contributed by atoms with van der Waals surface area (Å²) in [5.41, 5.74) is 1.57. The Morgan fingerprint density at radius 3 is 2.73 bits per heavy atom. The Labute approximate surface area is 155 Å². The van der Waals surface area contributed by atoms with Gasteiger partial charge in [-0.1, -0.05) is 18.6 Å². The van der Waals surface area contributed by atoms with Crippen LogP contribution in [0.1, 0.15) is 38.7 Å². The summed E-state index contributed by atoms with van der Waals surface area (Å²) in [5.74, 6) is -0.364. The van der Waals surface area contributed by atoms with E-state index in [1.54, 1.807) is 25.1 Å². The summed E-state index contributed by atoms with van der Waals surface area (Å²) in [6.07, 6.45) is 6.86. The number of carbonyl (C=O) groups is 2. The van der Waals surface area contributed by atoms with Crippen molar-refractivity contribution in [1.29, 1.82) is 0 Å². The van der Waals surface area contributed by atoms with Gasteiger partial charge >= 0.3 is 12.0 Å². The molecule has 1 aromatic rings. The van der Waals surface area contributed by atoms with E-state index in [-0.39, 0.29) is 12.0 Å². The van der Waals surface area contributed by atoms with Crippen LogP contribution in [0.3, 0.4) is 0 Å². The molecule has 2 N–H and O–H groups in total. The third-order valence-corrected chi connectivity index (χ3v) is 4.49. The van der Waals surface area contributed by atoms with E-state index in [9.17, 15) is 9.59 Å². The summed E-state index contributed by atoms with van der Waals surface area (Å²) in [7, 11) is 0. The minimum Gasteiger partial charge on any atom is -0.463 e. The van der Waals surface area contributed by atoms with Gasteiger partial charge in [0, 0.05) is 30.9 Å². The van der Waals surface area contributed by atoms with Crippen molar-refractivity contribution in [2.24, 2.45) is 0 Å². The topological polar surface area (TPSA) is 70.7 Å². The number of rotatable bonds is 7. The van der Waals surface area contributed by atoms with Crippen LogP contribution in [-0.2, 0) is 9.53 Å². The van der Waals surface area contributed by atoms with Crippen molar-refractivity contribution in [1.82, 2.24) is 10.2 Å². The molecule has 2 amide bonds. The van der Waals surface area contributed by atoms with Gasteiger partial charge in [0.15, 0.2) is 0 Å². The van der Waals surface area contributed by atoms with Gasteiger partial charge < -0.3 is 15.4 Å². The molecule has 1 unspecified atom stereocenters. The molecule has 0 aromatic heterocycles. The fourth-order valence-corrected chi connectivity index (χ4v) is 3.01. The molecule has 6 heteroatoms. The van der Waals surface area contributed by atoms with E-state index in [4.69, 9.17) is 4.74 Å². The minimum atomic E-state index is -0.364. The number of piperidine rings is 1. The zero-order valence-electron chi connectivity index (χ0n) is 15.7. The number of benzene rings is 1. The van der Waals surface area contributed by atoms with Crippen LogP contribution in [0.2, 0.25) is 0 Å². The van der Waals surface area contributed by atoms with Gasteiger partial charge in [0.1, 0.15) is 0 Å². The standard InChI is InChI=1S/C20H29N3O3/c1-3-26-19(24)12-9-17-7-10-18(11-8-17)22-20(25)21-13-15-23-14-5-4-6-16(23)2/h7-12,16H,3-6,13-15H2,1-2H3,(H2,21,22,25)/b12-9+. The second kappa shape index (κ2) is 10.6. The number of hydrogen-bond acceptors (Lipinski definition) is 4. The molecule has 1 heterocycles. The van der Waals surface area contributed by atoms with E-state index in [0.717, 1.165) is 18.7 Å². The Bertz CT molecular complexity index is 613. The Morgan fingerprint density at radius 1 is 1.27 bits per heavy atom. The van der Waals surface area contributed by atoms with Crippen LogP contribution in [0.15, 0.2) is 30.3 Å². The summed E-state index contributed by atoms with van der Waals surface area (Å²) in [6.45, 7) is 7.01. The molecule has 1 aliphatic rings. The molecule has 0 radical (unpaired) electrons. The number of likely N-dealkylation sites (tertiary alicyclic amines) is 1. The maximum atomic E-state index is 12.0. The lowest BCUT2D eigenvalue weighted by atomic mass is 10.0. The van der Waals surface area contributed by atoms with Gasteiger partial charge in [-0.3, -0.25) is 4.90 Å². The van der Waals surface area contributed by atoms with Crippen molar-refractivity contribution < 1.29 is 14.3 Å². The number of amides is 2. The molecule has 0 saturated carbocycles. The molecule has 6 nitrogen and oxygen atoms in total. The second-order valence-electron chi connectivity index (χ2n) is 6.47. The van der Waals surface area contributed by atoms with Crippen LogP contribution in [0, 0.1) is 0 Å². The molecule has 0 aliphatic carbocycles. The SMILES string of the molecule is CCOC(=O)/C=C/c1ccc(NC(=O)NCCN2CCCCC2C)cc1. The molecular formula is C20H29N3O3. The predicted octanol–water partition coefficient (Wildman–Crippen LogP) is 3.26. The summed E-state index contributed by atoms with van der Waals surface area (Å²) in [6, 6.07) is 7.67. The zero-order valence-corrected chi connectivity index (χ0v) is 15.7. The Balaban J connectivity index is 1.72. The Morgan fingerprint density at radius 2 is 2.04 bits per heavy atom. The summed E-state index contributed by atoms with van der Waals surface area (Å²) >= 11 is 0. The summed E-state index contributed by atoms with van der Waals surface area (Å²) in [5, 5.41) is 5.72. The van der Waals surface area contributed by atoms with Gasteiger partial charge in [-0.25, -0.2) is 9.59 Å². The van der Waals surface area contributed by atoms with Gasteiger partial charge in [0.05, 0.1) is 6.61 Å². The number of esters is 1. The fourth-order valence-electron chi connectivity index (χ4n) is 3.01. The zero-order chi connectivity index (χ0) is 18.8. The van der Waals surface area contributed by atoms with E-state index < -0.39 is 0 Å². The van der Waals surface area contributed by atoms with Crippen LogP contribution in [-0.4, -0.2) is 49.2 Å². The molecular weight excluding hydrogens is 330 g/mol. The van der Waals surface area contributed by atoms with E-state index in [1.165, 1.54) is 25.3 Å².